The first-order valence-corrected chi connectivity index (χ1v) is 8.85. The number of methoxy groups -OCH3 is 1. The number of carbonyl (C=O) groups excluding carboxylic acids is 1. The van der Waals surface area contributed by atoms with E-state index in [1.165, 1.54) is 0 Å². The Morgan fingerprint density at radius 1 is 1.32 bits per heavy atom. The van der Waals surface area contributed by atoms with Crippen LogP contribution in [-0.2, 0) is 19.5 Å². The molecule has 132 valence electrons. The Kier molecular flexibility index (Phi) is 4.29. The normalized spacial score (nSPS) is 19.1. The number of benzene rings is 1. The monoisotopic (exact) mass is 341 g/mol. The molecule has 0 bridgehead atoms. The Labute approximate surface area is 147 Å². The van der Waals surface area contributed by atoms with Crippen LogP contribution in [0.4, 0.5) is 4.79 Å². The van der Waals surface area contributed by atoms with Crippen LogP contribution in [0.5, 0.6) is 5.75 Å². The van der Waals surface area contributed by atoms with E-state index in [1.807, 2.05) is 23.1 Å². The SMILES string of the molecule is COc1cccc([C@@H]2CCCN2C(=O)NCc2nnc3n2CCC3)c1. The molecule has 1 aromatic carbocycles. The van der Waals surface area contributed by atoms with Gasteiger partial charge in [0.05, 0.1) is 19.7 Å². The molecule has 1 saturated heterocycles. The summed E-state index contributed by atoms with van der Waals surface area (Å²) in [6.07, 6.45) is 4.07. The maximum Gasteiger partial charge on any atom is 0.318 e. The van der Waals surface area contributed by atoms with Gasteiger partial charge in [-0.3, -0.25) is 0 Å². The second kappa shape index (κ2) is 6.74. The average Bonchev–Trinajstić information content (AvgIpc) is 3.36. The first kappa shape index (κ1) is 15.9. The summed E-state index contributed by atoms with van der Waals surface area (Å²) in [7, 11) is 1.66. The van der Waals surface area contributed by atoms with Gasteiger partial charge in [0, 0.05) is 19.5 Å². The molecule has 0 aliphatic carbocycles. The van der Waals surface area contributed by atoms with Gasteiger partial charge in [0.15, 0.2) is 5.82 Å². The molecule has 0 spiro atoms. The van der Waals surface area contributed by atoms with E-state index >= 15 is 0 Å². The van der Waals surface area contributed by atoms with E-state index in [0.29, 0.717) is 6.54 Å². The zero-order valence-electron chi connectivity index (χ0n) is 14.4. The summed E-state index contributed by atoms with van der Waals surface area (Å²) >= 11 is 0. The molecule has 1 fully saturated rings. The molecule has 25 heavy (non-hydrogen) atoms. The minimum atomic E-state index is -0.0410. The summed E-state index contributed by atoms with van der Waals surface area (Å²) in [5.74, 6) is 2.70. The van der Waals surface area contributed by atoms with Crippen molar-refractivity contribution in [3.63, 3.8) is 0 Å². The van der Waals surface area contributed by atoms with Crippen LogP contribution in [0, 0.1) is 0 Å². The van der Waals surface area contributed by atoms with Gasteiger partial charge in [-0.1, -0.05) is 12.1 Å². The van der Waals surface area contributed by atoms with Crippen molar-refractivity contribution >= 4 is 6.03 Å². The fourth-order valence-electron chi connectivity index (χ4n) is 3.80. The van der Waals surface area contributed by atoms with Gasteiger partial charge in [-0.05, 0) is 37.0 Å². The van der Waals surface area contributed by atoms with Gasteiger partial charge in [0.2, 0.25) is 0 Å². The highest BCUT2D eigenvalue weighted by Crippen LogP contribution is 2.33. The molecule has 1 atom stereocenters. The number of hydrogen-bond donors (Lipinski definition) is 1. The molecule has 4 rings (SSSR count). The van der Waals surface area contributed by atoms with Crippen molar-refractivity contribution in [1.82, 2.24) is 25.0 Å². The Bertz CT molecular complexity index is 773. The number of likely N-dealkylation sites (tertiary alicyclic amines) is 1. The highest BCUT2D eigenvalue weighted by Gasteiger charge is 2.30. The molecule has 7 heteroatoms. The Morgan fingerprint density at radius 3 is 3.12 bits per heavy atom. The molecule has 0 unspecified atom stereocenters. The molecule has 0 radical (unpaired) electrons. The van der Waals surface area contributed by atoms with Crippen molar-refractivity contribution in [3.8, 4) is 5.75 Å². The maximum atomic E-state index is 12.7. The highest BCUT2D eigenvalue weighted by molar-refractivity contribution is 5.75. The number of rotatable bonds is 4. The van der Waals surface area contributed by atoms with Gasteiger partial charge in [-0.2, -0.15) is 0 Å². The molecule has 0 saturated carbocycles. The molecule has 7 nitrogen and oxygen atoms in total. The van der Waals surface area contributed by atoms with Gasteiger partial charge in [0.1, 0.15) is 11.6 Å². The Hall–Kier alpha value is -2.57. The van der Waals surface area contributed by atoms with Crippen LogP contribution in [0.3, 0.4) is 0 Å². The van der Waals surface area contributed by atoms with Crippen LogP contribution in [-0.4, -0.2) is 39.4 Å². The van der Waals surface area contributed by atoms with Crippen LogP contribution in [0.25, 0.3) is 0 Å². The molecular formula is C18H23N5O2. The van der Waals surface area contributed by atoms with E-state index < -0.39 is 0 Å². The second-order valence-corrected chi connectivity index (χ2v) is 6.57. The maximum absolute atomic E-state index is 12.7. The van der Waals surface area contributed by atoms with Gasteiger partial charge in [-0.15, -0.1) is 10.2 Å². The predicted octanol–water partition coefficient (Wildman–Crippen LogP) is 2.28. The van der Waals surface area contributed by atoms with Crippen molar-refractivity contribution in [2.24, 2.45) is 0 Å². The smallest absolute Gasteiger partial charge is 0.318 e. The Balaban J connectivity index is 1.43. The van der Waals surface area contributed by atoms with E-state index in [1.54, 1.807) is 7.11 Å². The molecule has 2 aliphatic heterocycles. The van der Waals surface area contributed by atoms with Crippen molar-refractivity contribution in [2.75, 3.05) is 13.7 Å². The minimum absolute atomic E-state index is 0.0410. The largest absolute Gasteiger partial charge is 0.497 e. The number of carbonyl (C=O) groups is 1. The lowest BCUT2D eigenvalue weighted by molar-refractivity contribution is 0.192. The van der Waals surface area contributed by atoms with E-state index in [4.69, 9.17) is 4.74 Å². The summed E-state index contributed by atoms with van der Waals surface area (Å²) in [4.78, 5) is 14.6. The topological polar surface area (TPSA) is 72.3 Å². The van der Waals surface area contributed by atoms with Crippen molar-refractivity contribution < 1.29 is 9.53 Å². The summed E-state index contributed by atoms with van der Waals surface area (Å²) in [6, 6.07) is 8.03. The Morgan fingerprint density at radius 2 is 2.24 bits per heavy atom. The van der Waals surface area contributed by atoms with Crippen molar-refractivity contribution in [1.29, 1.82) is 0 Å². The molecule has 1 N–H and O–H groups in total. The molecule has 1 aromatic heterocycles. The molecule has 2 amide bonds. The number of aryl methyl sites for hydroxylation is 1. The fraction of sp³-hybridized carbons (Fsp3) is 0.500. The van der Waals surface area contributed by atoms with Gasteiger partial charge in [-0.25, -0.2) is 4.79 Å². The minimum Gasteiger partial charge on any atom is -0.497 e. The molecule has 2 aliphatic rings. The number of aromatic nitrogens is 3. The molecule has 2 aromatic rings. The number of nitrogens with one attached hydrogen (secondary N) is 1. The summed E-state index contributed by atoms with van der Waals surface area (Å²) in [5.41, 5.74) is 1.12. The number of nitrogens with zero attached hydrogens (tertiary/aromatic N) is 4. The lowest BCUT2D eigenvalue weighted by Gasteiger charge is -2.25. The van der Waals surface area contributed by atoms with Crippen LogP contribution in [0.1, 0.15) is 42.5 Å². The summed E-state index contributed by atoms with van der Waals surface area (Å²) in [5, 5.41) is 11.4. The van der Waals surface area contributed by atoms with Gasteiger partial charge < -0.3 is 19.5 Å². The van der Waals surface area contributed by atoms with Crippen LogP contribution < -0.4 is 10.1 Å². The van der Waals surface area contributed by atoms with E-state index in [2.05, 4.69) is 26.1 Å². The first-order valence-electron chi connectivity index (χ1n) is 8.85. The molecule has 3 heterocycles. The highest BCUT2D eigenvalue weighted by atomic mass is 16.5. The zero-order valence-corrected chi connectivity index (χ0v) is 14.4. The van der Waals surface area contributed by atoms with E-state index in [-0.39, 0.29) is 12.1 Å². The van der Waals surface area contributed by atoms with Crippen molar-refractivity contribution in [3.05, 3.63) is 41.5 Å². The summed E-state index contributed by atoms with van der Waals surface area (Å²) in [6.45, 7) is 2.14. The van der Waals surface area contributed by atoms with Crippen LogP contribution >= 0.6 is 0 Å². The first-order chi connectivity index (χ1) is 12.3. The number of ether oxygens (including phenoxy) is 1. The number of fused-ring (bicyclic) bond motifs is 1. The van der Waals surface area contributed by atoms with E-state index in [9.17, 15) is 4.79 Å². The number of amides is 2. The predicted molar refractivity (Wildman–Crippen MR) is 92.3 cm³/mol. The third kappa shape index (κ3) is 3.06. The average molecular weight is 341 g/mol. The van der Waals surface area contributed by atoms with Gasteiger partial charge in [0.25, 0.3) is 0 Å². The van der Waals surface area contributed by atoms with E-state index in [0.717, 1.165) is 61.7 Å². The lowest BCUT2D eigenvalue weighted by atomic mass is 10.0. The quantitative estimate of drug-likeness (QED) is 0.926. The second-order valence-electron chi connectivity index (χ2n) is 6.57. The van der Waals surface area contributed by atoms with Gasteiger partial charge >= 0.3 is 6.03 Å². The number of urea groups is 1. The van der Waals surface area contributed by atoms with Crippen molar-refractivity contribution in [2.45, 2.75) is 44.8 Å². The van der Waals surface area contributed by atoms with Crippen LogP contribution in [0.2, 0.25) is 0 Å². The molecular weight excluding hydrogens is 318 g/mol. The van der Waals surface area contributed by atoms with Crippen LogP contribution in [0.15, 0.2) is 24.3 Å². The standard InChI is InChI=1S/C18H23N5O2/c1-25-14-6-2-5-13(11-14)15-7-3-9-22(15)18(24)19-12-17-21-20-16-8-4-10-23(16)17/h2,5-6,11,15H,3-4,7-10,12H2,1H3,(H,19,24)/t15-/m0/s1. The third-order valence-corrected chi connectivity index (χ3v) is 5.08. The summed E-state index contributed by atoms with van der Waals surface area (Å²) < 4.78 is 7.43. The zero-order chi connectivity index (χ0) is 17.2. The third-order valence-electron chi connectivity index (χ3n) is 5.08. The fourth-order valence-corrected chi connectivity index (χ4v) is 3.80. The number of hydrogen-bond acceptors (Lipinski definition) is 4. The lowest BCUT2D eigenvalue weighted by Crippen LogP contribution is -2.39.